The molecule has 3 rings (SSSR count). The van der Waals surface area contributed by atoms with Crippen LogP contribution in [0.4, 0.5) is 4.39 Å². The standard InChI is InChI=1S/C16H22BFO2/c1-10-8-12(11-6-7-11)9-13(18)14(10)17-19-15(2,3)16(4,5)20-17/h8-9,11H,6-7H2,1-5H3. The van der Waals surface area contributed by atoms with Crippen molar-refractivity contribution in [1.29, 1.82) is 0 Å². The molecule has 2 aliphatic rings. The minimum atomic E-state index is -0.617. The van der Waals surface area contributed by atoms with E-state index in [1.807, 2.05) is 34.6 Å². The summed E-state index contributed by atoms with van der Waals surface area (Å²) in [6, 6.07) is 3.74. The van der Waals surface area contributed by atoms with Gasteiger partial charge in [0, 0.05) is 5.46 Å². The maximum Gasteiger partial charge on any atom is 0.498 e. The minimum absolute atomic E-state index is 0.203. The van der Waals surface area contributed by atoms with Gasteiger partial charge in [0.15, 0.2) is 0 Å². The molecule has 1 aliphatic carbocycles. The van der Waals surface area contributed by atoms with Gasteiger partial charge < -0.3 is 9.31 Å². The van der Waals surface area contributed by atoms with Gasteiger partial charge in [-0.05, 0) is 70.6 Å². The van der Waals surface area contributed by atoms with Crippen LogP contribution in [0.2, 0.25) is 0 Å². The molecular formula is C16H22BFO2. The van der Waals surface area contributed by atoms with E-state index >= 15 is 0 Å². The van der Waals surface area contributed by atoms with Crippen molar-refractivity contribution in [2.24, 2.45) is 0 Å². The van der Waals surface area contributed by atoms with Gasteiger partial charge in [-0.25, -0.2) is 4.39 Å². The number of aryl methyl sites for hydroxylation is 1. The van der Waals surface area contributed by atoms with E-state index in [9.17, 15) is 4.39 Å². The molecule has 0 spiro atoms. The van der Waals surface area contributed by atoms with Crippen LogP contribution in [0, 0.1) is 12.7 Å². The van der Waals surface area contributed by atoms with Crippen LogP contribution in [0.3, 0.4) is 0 Å². The van der Waals surface area contributed by atoms with Gasteiger partial charge in [0.05, 0.1) is 11.2 Å². The maximum absolute atomic E-state index is 14.5. The van der Waals surface area contributed by atoms with E-state index < -0.39 is 18.3 Å². The first-order chi connectivity index (χ1) is 9.21. The van der Waals surface area contributed by atoms with Gasteiger partial charge in [0.2, 0.25) is 0 Å². The van der Waals surface area contributed by atoms with Crippen molar-refractivity contribution in [2.75, 3.05) is 0 Å². The Hall–Kier alpha value is -0.865. The highest BCUT2D eigenvalue weighted by molar-refractivity contribution is 6.62. The largest absolute Gasteiger partial charge is 0.498 e. The fourth-order valence-corrected chi connectivity index (χ4v) is 2.69. The molecule has 0 radical (unpaired) electrons. The number of rotatable bonds is 2. The zero-order chi connectivity index (χ0) is 14.7. The quantitative estimate of drug-likeness (QED) is 0.771. The molecule has 1 heterocycles. The summed E-state index contributed by atoms with van der Waals surface area (Å²) in [5, 5.41) is 0. The molecule has 0 N–H and O–H groups in total. The third kappa shape index (κ3) is 2.19. The van der Waals surface area contributed by atoms with Gasteiger partial charge in [-0.1, -0.05) is 6.07 Å². The van der Waals surface area contributed by atoms with Crippen molar-refractivity contribution < 1.29 is 13.7 Å². The van der Waals surface area contributed by atoms with Crippen molar-refractivity contribution in [1.82, 2.24) is 0 Å². The number of benzene rings is 1. The summed E-state index contributed by atoms with van der Waals surface area (Å²) < 4.78 is 26.4. The van der Waals surface area contributed by atoms with Crippen LogP contribution in [0.1, 0.15) is 57.6 Å². The summed E-state index contributed by atoms with van der Waals surface area (Å²) in [7, 11) is -0.617. The van der Waals surface area contributed by atoms with Crippen molar-refractivity contribution in [3.63, 3.8) is 0 Å². The smallest absolute Gasteiger partial charge is 0.399 e. The Kier molecular flexibility index (Phi) is 3.04. The lowest BCUT2D eigenvalue weighted by Gasteiger charge is -2.32. The second-order valence-corrected chi connectivity index (χ2v) is 7.10. The fourth-order valence-electron chi connectivity index (χ4n) is 2.69. The molecule has 0 amide bonds. The van der Waals surface area contributed by atoms with Gasteiger partial charge in [-0.2, -0.15) is 0 Å². The molecule has 2 fully saturated rings. The molecular weight excluding hydrogens is 254 g/mol. The Labute approximate surface area is 120 Å². The summed E-state index contributed by atoms with van der Waals surface area (Å²) >= 11 is 0. The molecule has 1 saturated carbocycles. The monoisotopic (exact) mass is 276 g/mol. The van der Waals surface area contributed by atoms with Gasteiger partial charge in [-0.3, -0.25) is 0 Å². The van der Waals surface area contributed by atoms with E-state index in [1.54, 1.807) is 6.07 Å². The van der Waals surface area contributed by atoms with E-state index in [0.29, 0.717) is 11.4 Å². The highest BCUT2D eigenvalue weighted by Crippen LogP contribution is 2.41. The fraction of sp³-hybridized carbons (Fsp3) is 0.625. The van der Waals surface area contributed by atoms with Crippen LogP contribution in [-0.4, -0.2) is 18.3 Å². The molecule has 108 valence electrons. The molecule has 20 heavy (non-hydrogen) atoms. The number of halogens is 1. The SMILES string of the molecule is Cc1cc(C2CC2)cc(F)c1B1OC(C)(C)C(C)(C)O1. The van der Waals surface area contributed by atoms with E-state index in [2.05, 4.69) is 6.07 Å². The third-order valence-corrected chi connectivity index (χ3v) is 4.90. The van der Waals surface area contributed by atoms with Crippen LogP contribution < -0.4 is 5.46 Å². The maximum atomic E-state index is 14.5. The van der Waals surface area contributed by atoms with Crippen molar-refractivity contribution in [3.8, 4) is 0 Å². The lowest BCUT2D eigenvalue weighted by Crippen LogP contribution is -2.41. The Morgan fingerprint density at radius 2 is 1.65 bits per heavy atom. The Morgan fingerprint density at radius 1 is 1.10 bits per heavy atom. The second kappa shape index (κ2) is 4.31. The zero-order valence-electron chi connectivity index (χ0n) is 12.9. The van der Waals surface area contributed by atoms with Crippen LogP contribution in [0.5, 0.6) is 0 Å². The molecule has 0 atom stereocenters. The molecule has 2 nitrogen and oxygen atoms in total. The number of hydrogen-bond donors (Lipinski definition) is 0. The van der Waals surface area contributed by atoms with Crippen molar-refractivity contribution in [2.45, 2.75) is 64.6 Å². The molecule has 1 aromatic rings. The second-order valence-electron chi connectivity index (χ2n) is 7.10. The van der Waals surface area contributed by atoms with E-state index in [0.717, 1.165) is 11.1 Å². The normalized spacial score (nSPS) is 24.2. The first-order valence-corrected chi connectivity index (χ1v) is 7.37. The molecule has 1 saturated heterocycles. The Bertz CT molecular complexity index is 510. The Balaban J connectivity index is 1.95. The average Bonchev–Trinajstić information content (AvgIpc) is 3.06. The highest BCUT2D eigenvalue weighted by atomic mass is 19.1. The average molecular weight is 276 g/mol. The topological polar surface area (TPSA) is 18.5 Å². The summed E-state index contributed by atoms with van der Waals surface area (Å²) in [4.78, 5) is 0. The van der Waals surface area contributed by atoms with Gasteiger partial charge in [0.1, 0.15) is 5.82 Å². The van der Waals surface area contributed by atoms with Gasteiger partial charge >= 0.3 is 7.12 Å². The highest BCUT2D eigenvalue weighted by Gasteiger charge is 2.52. The number of hydrogen-bond acceptors (Lipinski definition) is 2. The zero-order valence-corrected chi connectivity index (χ0v) is 12.9. The Morgan fingerprint density at radius 3 is 2.10 bits per heavy atom. The molecule has 1 aliphatic heterocycles. The minimum Gasteiger partial charge on any atom is -0.399 e. The van der Waals surface area contributed by atoms with Crippen molar-refractivity contribution in [3.05, 3.63) is 29.1 Å². The van der Waals surface area contributed by atoms with Crippen molar-refractivity contribution >= 4 is 12.6 Å². The van der Waals surface area contributed by atoms with Crippen LogP contribution in [0.25, 0.3) is 0 Å². The lowest BCUT2D eigenvalue weighted by molar-refractivity contribution is 0.00578. The first kappa shape index (κ1) is 14.1. The first-order valence-electron chi connectivity index (χ1n) is 7.37. The molecule has 1 aromatic carbocycles. The third-order valence-electron chi connectivity index (χ3n) is 4.90. The summed E-state index contributed by atoms with van der Waals surface area (Å²) in [6.45, 7) is 9.88. The summed E-state index contributed by atoms with van der Waals surface area (Å²) in [6.07, 6.45) is 2.35. The van der Waals surface area contributed by atoms with E-state index in [4.69, 9.17) is 9.31 Å². The van der Waals surface area contributed by atoms with Gasteiger partial charge in [-0.15, -0.1) is 0 Å². The van der Waals surface area contributed by atoms with E-state index in [1.165, 1.54) is 12.8 Å². The predicted molar refractivity (Wildman–Crippen MR) is 78.8 cm³/mol. The predicted octanol–water partition coefficient (Wildman–Crippen LogP) is 3.31. The summed E-state index contributed by atoms with van der Waals surface area (Å²) in [5.41, 5.74) is 1.70. The molecule has 0 aromatic heterocycles. The van der Waals surface area contributed by atoms with Crippen LogP contribution >= 0.6 is 0 Å². The van der Waals surface area contributed by atoms with Gasteiger partial charge in [0.25, 0.3) is 0 Å². The molecule has 4 heteroatoms. The lowest BCUT2D eigenvalue weighted by atomic mass is 9.75. The summed E-state index contributed by atoms with van der Waals surface area (Å²) in [5.74, 6) is 0.348. The molecule has 0 bridgehead atoms. The van der Waals surface area contributed by atoms with Crippen LogP contribution in [-0.2, 0) is 9.31 Å². The van der Waals surface area contributed by atoms with Crippen LogP contribution in [0.15, 0.2) is 12.1 Å². The van der Waals surface area contributed by atoms with E-state index in [-0.39, 0.29) is 5.82 Å². The molecule has 0 unspecified atom stereocenters.